The summed E-state index contributed by atoms with van der Waals surface area (Å²) in [6.07, 6.45) is -0.366. The normalized spacial score (nSPS) is 20.5. The Morgan fingerprint density at radius 1 is 1.22 bits per heavy atom. The summed E-state index contributed by atoms with van der Waals surface area (Å²) < 4.78 is 5.27. The Labute approximate surface area is 159 Å². The first-order chi connectivity index (χ1) is 12.5. The van der Waals surface area contributed by atoms with Gasteiger partial charge in [-0.15, -0.1) is 0 Å². The van der Waals surface area contributed by atoms with E-state index in [-0.39, 0.29) is 11.7 Å². The second-order valence-corrected chi connectivity index (χ2v) is 8.16. The van der Waals surface area contributed by atoms with Gasteiger partial charge in [-0.2, -0.15) is 0 Å². The van der Waals surface area contributed by atoms with Gasteiger partial charge >= 0.3 is 12.1 Å². The third kappa shape index (κ3) is 5.29. The van der Waals surface area contributed by atoms with Crippen LogP contribution in [0.5, 0.6) is 0 Å². The minimum absolute atomic E-state index is 0.191. The van der Waals surface area contributed by atoms with E-state index >= 15 is 0 Å². The number of carbonyl (C=O) groups excluding carboxylic acids is 2. The Kier molecular flexibility index (Phi) is 6.26. The summed E-state index contributed by atoms with van der Waals surface area (Å²) in [5.74, 6) is -1.48. The standard InChI is InChI=1S/C20H28N2O5/c1-11(2)15(22-19(26)27-20(3,4)5)17(23)16-13-9-7-6-8-12(13)10-14(21-16)18(24)25/h6-9,11,14-16,21H,10H2,1-5H3,(H,22,26)(H,24,25)/t14?,15-,16?/m0/s1. The highest BCUT2D eigenvalue weighted by atomic mass is 16.6. The van der Waals surface area contributed by atoms with Crippen molar-refractivity contribution in [3.05, 3.63) is 35.4 Å². The number of carbonyl (C=O) groups is 3. The number of hydrogen-bond acceptors (Lipinski definition) is 5. The molecule has 3 N–H and O–H groups in total. The van der Waals surface area contributed by atoms with Crippen LogP contribution in [0.2, 0.25) is 0 Å². The van der Waals surface area contributed by atoms with E-state index in [0.717, 1.165) is 11.1 Å². The number of ketones is 1. The summed E-state index contributed by atoms with van der Waals surface area (Å²) >= 11 is 0. The molecule has 0 aromatic heterocycles. The van der Waals surface area contributed by atoms with Crippen molar-refractivity contribution in [2.75, 3.05) is 0 Å². The smallest absolute Gasteiger partial charge is 0.408 e. The molecule has 1 aromatic rings. The average Bonchev–Trinajstić information content (AvgIpc) is 2.56. The van der Waals surface area contributed by atoms with Crippen molar-refractivity contribution in [2.24, 2.45) is 5.92 Å². The zero-order valence-corrected chi connectivity index (χ0v) is 16.4. The number of rotatable bonds is 5. The minimum Gasteiger partial charge on any atom is -0.480 e. The number of amides is 1. The van der Waals surface area contributed by atoms with E-state index in [1.165, 1.54) is 0 Å². The van der Waals surface area contributed by atoms with Crippen molar-refractivity contribution in [2.45, 2.75) is 64.8 Å². The molecule has 0 spiro atoms. The van der Waals surface area contributed by atoms with Crippen LogP contribution in [0.1, 0.15) is 51.8 Å². The van der Waals surface area contributed by atoms with Gasteiger partial charge in [0.2, 0.25) is 0 Å². The molecule has 2 rings (SSSR count). The Morgan fingerprint density at radius 3 is 2.41 bits per heavy atom. The number of fused-ring (bicyclic) bond motifs is 1. The molecule has 0 aliphatic carbocycles. The summed E-state index contributed by atoms with van der Waals surface area (Å²) in [7, 11) is 0. The third-order valence-corrected chi connectivity index (χ3v) is 4.39. The SMILES string of the molecule is CC(C)[C@H](NC(=O)OC(C)(C)C)C(=O)C1NC(C(=O)O)Cc2ccccc21. The lowest BCUT2D eigenvalue weighted by molar-refractivity contribution is -0.140. The van der Waals surface area contributed by atoms with Crippen LogP contribution >= 0.6 is 0 Å². The Hall–Kier alpha value is -2.41. The number of carboxylic acids is 1. The molecule has 1 amide bonds. The van der Waals surface area contributed by atoms with Gasteiger partial charge in [-0.1, -0.05) is 38.1 Å². The third-order valence-electron chi connectivity index (χ3n) is 4.39. The van der Waals surface area contributed by atoms with Gasteiger partial charge < -0.3 is 15.2 Å². The lowest BCUT2D eigenvalue weighted by atomic mass is 9.84. The topological polar surface area (TPSA) is 105 Å². The maximum atomic E-state index is 13.2. The van der Waals surface area contributed by atoms with Gasteiger partial charge in [-0.3, -0.25) is 14.9 Å². The first-order valence-electron chi connectivity index (χ1n) is 9.09. The minimum atomic E-state index is -1.01. The molecule has 0 saturated heterocycles. The fourth-order valence-electron chi connectivity index (χ4n) is 3.15. The van der Waals surface area contributed by atoms with Crippen molar-refractivity contribution in [3.8, 4) is 0 Å². The number of ether oxygens (including phenoxy) is 1. The lowest BCUT2D eigenvalue weighted by Crippen LogP contribution is -2.54. The second-order valence-electron chi connectivity index (χ2n) is 8.16. The van der Waals surface area contributed by atoms with E-state index in [4.69, 9.17) is 4.74 Å². The average molecular weight is 376 g/mol. The van der Waals surface area contributed by atoms with Crippen LogP contribution in [0.25, 0.3) is 0 Å². The highest BCUT2D eigenvalue weighted by molar-refractivity contribution is 5.94. The predicted molar refractivity (Wildman–Crippen MR) is 100 cm³/mol. The van der Waals surface area contributed by atoms with Crippen LogP contribution in [0.15, 0.2) is 24.3 Å². The molecule has 1 aliphatic rings. The molecular formula is C20H28N2O5. The number of carboxylic acid groups (broad SMARTS) is 1. The van der Waals surface area contributed by atoms with Gasteiger partial charge in [-0.25, -0.2) is 4.79 Å². The van der Waals surface area contributed by atoms with Crippen LogP contribution in [0.4, 0.5) is 4.79 Å². The van der Waals surface area contributed by atoms with Crippen LogP contribution in [-0.2, 0) is 20.7 Å². The molecule has 1 aliphatic heterocycles. The Morgan fingerprint density at radius 2 is 1.85 bits per heavy atom. The molecule has 1 heterocycles. The van der Waals surface area contributed by atoms with Gasteiger partial charge in [0.1, 0.15) is 11.6 Å². The molecular weight excluding hydrogens is 348 g/mol. The number of alkyl carbamates (subject to hydrolysis) is 1. The molecule has 7 heteroatoms. The van der Waals surface area contributed by atoms with E-state index in [1.807, 2.05) is 38.1 Å². The molecule has 0 bridgehead atoms. The van der Waals surface area contributed by atoms with Crippen molar-refractivity contribution in [1.82, 2.24) is 10.6 Å². The van der Waals surface area contributed by atoms with E-state index in [0.29, 0.717) is 6.42 Å². The number of nitrogens with one attached hydrogen (secondary N) is 2. The number of hydrogen-bond donors (Lipinski definition) is 3. The number of Topliss-reactive ketones (excluding diaryl/α,β-unsaturated/α-hetero) is 1. The quantitative estimate of drug-likeness (QED) is 0.729. The highest BCUT2D eigenvalue weighted by Gasteiger charge is 2.38. The van der Waals surface area contributed by atoms with E-state index in [1.54, 1.807) is 20.8 Å². The summed E-state index contributed by atoms with van der Waals surface area (Å²) in [6, 6.07) is 4.81. The molecule has 0 radical (unpaired) electrons. The monoisotopic (exact) mass is 376 g/mol. The van der Waals surface area contributed by atoms with E-state index in [9.17, 15) is 19.5 Å². The van der Waals surface area contributed by atoms with Crippen molar-refractivity contribution >= 4 is 17.8 Å². The van der Waals surface area contributed by atoms with Gasteiger partial charge in [0.05, 0.1) is 12.1 Å². The highest BCUT2D eigenvalue weighted by Crippen LogP contribution is 2.28. The zero-order valence-electron chi connectivity index (χ0n) is 16.4. The molecule has 1 aromatic carbocycles. The van der Waals surface area contributed by atoms with Crippen LogP contribution < -0.4 is 10.6 Å². The molecule has 148 valence electrons. The Bertz CT molecular complexity index is 723. The Balaban J connectivity index is 2.28. The van der Waals surface area contributed by atoms with Crippen molar-refractivity contribution in [3.63, 3.8) is 0 Å². The maximum Gasteiger partial charge on any atom is 0.408 e. The lowest BCUT2D eigenvalue weighted by Gasteiger charge is -2.33. The van der Waals surface area contributed by atoms with Gasteiger partial charge in [0, 0.05) is 0 Å². The van der Waals surface area contributed by atoms with E-state index < -0.39 is 35.8 Å². The van der Waals surface area contributed by atoms with Crippen LogP contribution in [0.3, 0.4) is 0 Å². The van der Waals surface area contributed by atoms with Crippen molar-refractivity contribution < 1.29 is 24.2 Å². The van der Waals surface area contributed by atoms with Crippen molar-refractivity contribution in [1.29, 1.82) is 0 Å². The molecule has 0 saturated carbocycles. The summed E-state index contributed by atoms with van der Waals surface area (Å²) in [5.41, 5.74) is 0.886. The largest absolute Gasteiger partial charge is 0.480 e. The number of aliphatic carboxylic acids is 1. The molecule has 7 nitrogen and oxygen atoms in total. The molecule has 0 fully saturated rings. The van der Waals surface area contributed by atoms with Gasteiger partial charge in [0.25, 0.3) is 0 Å². The predicted octanol–water partition coefficient (Wildman–Crippen LogP) is 2.45. The first-order valence-corrected chi connectivity index (χ1v) is 9.09. The van der Waals surface area contributed by atoms with Crippen LogP contribution in [-0.4, -0.2) is 40.6 Å². The fraction of sp³-hybridized carbons (Fsp3) is 0.550. The summed E-state index contributed by atoms with van der Waals surface area (Å²) in [6.45, 7) is 8.88. The fourth-order valence-corrected chi connectivity index (χ4v) is 3.15. The first kappa shape index (κ1) is 20.9. The summed E-state index contributed by atoms with van der Waals surface area (Å²) in [5, 5.41) is 15.0. The second kappa shape index (κ2) is 8.08. The maximum absolute atomic E-state index is 13.2. The zero-order chi connectivity index (χ0) is 20.4. The van der Waals surface area contributed by atoms with Gasteiger partial charge in [-0.05, 0) is 44.2 Å². The molecule has 3 atom stereocenters. The van der Waals surface area contributed by atoms with Crippen LogP contribution in [0, 0.1) is 5.92 Å². The summed E-state index contributed by atoms with van der Waals surface area (Å²) in [4.78, 5) is 36.9. The van der Waals surface area contributed by atoms with Gasteiger partial charge in [0.15, 0.2) is 5.78 Å². The number of benzene rings is 1. The van der Waals surface area contributed by atoms with E-state index in [2.05, 4.69) is 10.6 Å². The molecule has 2 unspecified atom stereocenters. The molecule has 27 heavy (non-hydrogen) atoms.